The van der Waals surface area contributed by atoms with Crippen molar-refractivity contribution in [1.82, 2.24) is 15.5 Å². The van der Waals surface area contributed by atoms with E-state index >= 15 is 0 Å². The van der Waals surface area contributed by atoms with Crippen molar-refractivity contribution in [2.75, 3.05) is 0 Å². The molecule has 5 nitrogen and oxygen atoms in total. The van der Waals surface area contributed by atoms with Gasteiger partial charge in [0.2, 0.25) is 0 Å². The Morgan fingerprint density at radius 2 is 2.20 bits per heavy atom. The molecule has 1 N–H and O–H groups in total. The number of rotatable bonds is 2. The molecular weight excluding hydrogens is 254 g/mol. The molecule has 20 heavy (non-hydrogen) atoms. The predicted molar refractivity (Wildman–Crippen MR) is 75.4 cm³/mol. The molecule has 1 aliphatic carbocycles. The Morgan fingerprint density at radius 3 is 3.00 bits per heavy atom. The van der Waals surface area contributed by atoms with Crippen molar-refractivity contribution in [3.8, 4) is 0 Å². The Balaban J connectivity index is 1.79. The molecule has 2 heterocycles. The molecule has 1 saturated carbocycles. The van der Waals surface area contributed by atoms with Crippen LogP contribution in [0.25, 0.3) is 11.1 Å². The number of aryl methyl sites for hydroxylation is 1. The number of hydrogen-bond donors (Lipinski definition) is 1. The number of hydrogen-bond acceptors (Lipinski definition) is 4. The van der Waals surface area contributed by atoms with Crippen molar-refractivity contribution >= 4 is 17.0 Å². The molecular formula is C15H19N3O2. The SMILES string of the molecule is Cc1noc2ncc(C(=O)N[C@@H]3CCCC[C@H]3C)cc12. The van der Waals surface area contributed by atoms with E-state index in [-0.39, 0.29) is 11.9 Å². The maximum atomic E-state index is 12.3. The number of nitrogens with one attached hydrogen (secondary N) is 1. The average Bonchev–Trinajstić information content (AvgIpc) is 2.82. The Bertz CT molecular complexity index is 635. The fourth-order valence-electron chi connectivity index (χ4n) is 2.85. The van der Waals surface area contributed by atoms with E-state index in [2.05, 4.69) is 22.4 Å². The van der Waals surface area contributed by atoms with Crippen LogP contribution in [0.15, 0.2) is 16.8 Å². The van der Waals surface area contributed by atoms with E-state index in [1.165, 1.54) is 19.3 Å². The molecule has 1 amide bonds. The summed E-state index contributed by atoms with van der Waals surface area (Å²) in [5, 5.41) is 7.79. The molecule has 0 unspecified atom stereocenters. The van der Waals surface area contributed by atoms with Gasteiger partial charge < -0.3 is 9.84 Å². The lowest BCUT2D eigenvalue weighted by atomic mass is 9.86. The van der Waals surface area contributed by atoms with Crippen LogP contribution in [0.1, 0.15) is 48.7 Å². The zero-order valence-electron chi connectivity index (χ0n) is 11.8. The number of nitrogens with zero attached hydrogens (tertiary/aromatic N) is 2. The van der Waals surface area contributed by atoms with Crippen LogP contribution >= 0.6 is 0 Å². The van der Waals surface area contributed by atoms with Gasteiger partial charge in [-0.05, 0) is 31.7 Å². The molecule has 2 aromatic rings. The third kappa shape index (κ3) is 2.40. The first-order valence-corrected chi connectivity index (χ1v) is 7.18. The highest BCUT2D eigenvalue weighted by atomic mass is 16.5. The van der Waals surface area contributed by atoms with Crippen molar-refractivity contribution in [2.45, 2.75) is 45.6 Å². The molecule has 2 atom stereocenters. The summed E-state index contributed by atoms with van der Waals surface area (Å²) in [6, 6.07) is 2.08. The lowest BCUT2D eigenvalue weighted by Crippen LogP contribution is -2.41. The first-order chi connectivity index (χ1) is 9.65. The molecule has 1 fully saturated rings. The number of pyridine rings is 1. The fourth-order valence-corrected chi connectivity index (χ4v) is 2.85. The summed E-state index contributed by atoms with van der Waals surface area (Å²) in [6.07, 6.45) is 6.26. The van der Waals surface area contributed by atoms with Crippen LogP contribution < -0.4 is 5.32 Å². The quantitative estimate of drug-likeness (QED) is 0.913. The van der Waals surface area contributed by atoms with E-state index in [0.717, 1.165) is 17.5 Å². The minimum atomic E-state index is -0.0567. The van der Waals surface area contributed by atoms with Crippen LogP contribution in [-0.4, -0.2) is 22.1 Å². The number of amides is 1. The molecule has 0 aromatic carbocycles. The summed E-state index contributed by atoms with van der Waals surface area (Å²) in [7, 11) is 0. The molecule has 0 aliphatic heterocycles. The second kappa shape index (κ2) is 5.23. The number of carbonyl (C=O) groups is 1. The van der Waals surface area contributed by atoms with Gasteiger partial charge >= 0.3 is 0 Å². The molecule has 0 bridgehead atoms. The Morgan fingerprint density at radius 1 is 1.40 bits per heavy atom. The maximum absolute atomic E-state index is 12.3. The van der Waals surface area contributed by atoms with Crippen LogP contribution in [0, 0.1) is 12.8 Å². The molecule has 0 saturated heterocycles. The lowest BCUT2D eigenvalue weighted by Gasteiger charge is -2.29. The molecule has 106 valence electrons. The van der Waals surface area contributed by atoms with Gasteiger partial charge in [0.25, 0.3) is 11.6 Å². The van der Waals surface area contributed by atoms with Crippen LogP contribution in [-0.2, 0) is 0 Å². The highest BCUT2D eigenvalue weighted by molar-refractivity contribution is 5.97. The van der Waals surface area contributed by atoms with Gasteiger partial charge in [0.1, 0.15) is 0 Å². The normalized spacial score (nSPS) is 22.9. The predicted octanol–water partition coefficient (Wildman–Crippen LogP) is 2.84. The molecule has 0 spiro atoms. The van der Waals surface area contributed by atoms with Gasteiger partial charge in [0, 0.05) is 12.2 Å². The minimum absolute atomic E-state index is 0.0567. The zero-order valence-corrected chi connectivity index (χ0v) is 11.8. The zero-order chi connectivity index (χ0) is 14.1. The largest absolute Gasteiger partial charge is 0.349 e. The standard InChI is InChI=1S/C15H19N3O2/c1-9-5-3-4-6-13(9)17-14(19)11-7-12-10(2)18-20-15(12)16-8-11/h7-9,13H,3-6H2,1-2H3,(H,17,19)/t9-,13-/m1/s1. The van der Waals surface area contributed by atoms with Crippen LogP contribution in [0.4, 0.5) is 0 Å². The van der Waals surface area contributed by atoms with Crippen molar-refractivity contribution < 1.29 is 9.32 Å². The number of carbonyl (C=O) groups excluding carboxylic acids is 1. The molecule has 2 aromatic heterocycles. The van der Waals surface area contributed by atoms with E-state index in [1.807, 2.05) is 6.92 Å². The minimum Gasteiger partial charge on any atom is -0.349 e. The van der Waals surface area contributed by atoms with E-state index in [1.54, 1.807) is 12.3 Å². The van der Waals surface area contributed by atoms with Crippen molar-refractivity contribution in [3.63, 3.8) is 0 Å². The van der Waals surface area contributed by atoms with Crippen LogP contribution in [0.3, 0.4) is 0 Å². The first-order valence-electron chi connectivity index (χ1n) is 7.18. The van der Waals surface area contributed by atoms with E-state index in [9.17, 15) is 4.79 Å². The molecule has 1 aliphatic rings. The van der Waals surface area contributed by atoms with Gasteiger partial charge in [-0.25, -0.2) is 4.98 Å². The smallest absolute Gasteiger partial charge is 0.257 e. The van der Waals surface area contributed by atoms with E-state index < -0.39 is 0 Å². The Hall–Kier alpha value is -1.91. The van der Waals surface area contributed by atoms with Gasteiger partial charge in [0.05, 0.1) is 16.6 Å². The second-order valence-electron chi connectivity index (χ2n) is 5.69. The van der Waals surface area contributed by atoms with Gasteiger partial charge in [-0.1, -0.05) is 24.9 Å². The molecule has 3 rings (SSSR count). The molecule has 5 heteroatoms. The maximum Gasteiger partial charge on any atom is 0.257 e. The third-order valence-corrected chi connectivity index (χ3v) is 4.20. The summed E-state index contributed by atoms with van der Waals surface area (Å²) in [4.78, 5) is 16.5. The highest BCUT2D eigenvalue weighted by Gasteiger charge is 2.23. The average molecular weight is 273 g/mol. The monoisotopic (exact) mass is 273 g/mol. The van der Waals surface area contributed by atoms with E-state index in [0.29, 0.717) is 17.2 Å². The number of fused-ring (bicyclic) bond motifs is 1. The summed E-state index contributed by atoms with van der Waals surface area (Å²) >= 11 is 0. The number of aromatic nitrogens is 2. The van der Waals surface area contributed by atoms with Gasteiger partial charge in [0.15, 0.2) is 0 Å². The Labute approximate surface area is 117 Å². The summed E-state index contributed by atoms with van der Waals surface area (Å²) in [5.41, 5.74) is 1.81. The summed E-state index contributed by atoms with van der Waals surface area (Å²) < 4.78 is 5.06. The Kier molecular flexibility index (Phi) is 3.42. The van der Waals surface area contributed by atoms with E-state index in [4.69, 9.17) is 4.52 Å². The van der Waals surface area contributed by atoms with Crippen LogP contribution in [0.5, 0.6) is 0 Å². The lowest BCUT2D eigenvalue weighted by molar-refractivity contribution is 0.0910. The van der Waals surface area contributed by atoms with Crippen molar-refractivity contribution in [1.29, 1.82) is 0 Å². The van der Waals surface area contributed by atoms with Gasteiger partial charge in [-0.3, -0.25) is 4.79 Å². The van der Waals surface area contributed by atoms with Gasteiger partial charge in [-0.15, -0.1) is 0 Å². The first kappa shape index (κ1) is 13.1. The molecule has 0 radical (unpaired) electrons. The topological polar surface area (TPSA) is 68.0 Å². The van der Waals surface area contributed by atoms with Crippen molar-refractivity contribution in [3.05, 3.63) is 23.5 Å². The highest BCUT2D eigenvalue weighted by Crippen LogP contribution is 2.24. The summed E-state index contributed by atoms with van der Waals surface area (Å²) in [6.45, 7) is 4.05. The third-order valence-electron chi connectivity index (χ3n) is 4.20. The second-order valence-corrected chi connectivity index (χ2v) is 5.69. The van der Waals surface area contributed by atoms with Crippen molar-refractivity contribution in [2.24, 2.45) is 5.92 Å². The van der Waals surface area contributed by atoms with Gasteiger partial charge in [-0.2, -0.15) is 0 Å². The van der Waals surface area contributed by atoms with Crippen LogP contribution in [0.2, 0.25) is 0 Å². The fraction of sp³-hybridized carbons (Fsp3) is 0.533. The summed E-state index contributed by atoms with van der Waals surface area (Å²) in [5.74, 6) is 0.487.